The van der Waals surface area contributed by atoms with Crippen LogP contribution in [0.3, 0.4) is 0 Å². The third kappa shape index (κ3) is 7.52. The van der Waals surface area contributed by atoms with Crippen LogP contribution in [0.15, 0.2) is 0 Å². The Morgan fingerprint density at radius 3 is 2.28 bits per heavy atom. The van der Waals surface area contributed by atoms with Gasteiger partial charge in [0.15, 0.2) is 5.96 Å². The third-order valence-corrected chi connectivity index (χ3v) is 4.88. The number of piperidine rings is 1. The minimum absolute atomic E-state index is 0.180. The molecule has 10 heteroatoms. The van der Waals surface area contributed by atoms with Crippen molar-refractivity contribution in [1.82, 2.24) is 20.9 Å². The summed E-state index contributed by atoms with van der Waals surface area (Å²) in [5.74, 6) is -1.44. The fourth-order valence-electron chi connectivity index (χ4n) is 3.40. The zero-order chi connectivity index (χ0) is 22.3. The molecule has 1 rings (SSSR count). The van der Waals surface area contributed by atoms with Crippen molar-refractivity contribution < 1.29 is 19.5 Å². The highest BCUT2D eigenvalue weighted by molar-refractivity contribution is 5.92. The second-order valence-electron chi connectivity index (χ2n) is 8.36. The van der Waals surface area contributed by atoms with Crippen LogP contribution in [0.4, 0.5) is 0 Å². The first kappa shape index (κ1) is 24.7. The number of hydrogen-bond acceptors (Lipinski definition) is 5. The average molecular weight is 413 g/mol. The molecule has 10 nitrogen and oxygen atoms in total. The summed E-state index contributed by atoms with van der Waals surface area (Å²) in [5, 5.41) is 26.1. The van der Waals surface area contributed by atoms with Crippen LogP contribution in [-0.2, 0) is 14.4 Å². The van der Waals surface area contributed by atoms with Crippen LogP contribution < -0.4 is 21.7 Å². The van der Waals surface area contributed by atoms with Crippen molar-refractivity contribution in [1.29, 1.82) is 5.41 Å². The van der Waals surface area contributed by atoms with Gasteiger partial charge in [-0.25, -0.2) is 0 Å². The van der Waals surface area contributed by atoms with Gasteiger partial charge in [0.2, 0.25) is 17.7 Å². The van der Waals surface area contributed by atoms with Gasteiger partial charge in [-0.1, -0.05) is 27.7 Å². The van der Waals surface area contributed by atoms with Crippen LogP contribution in [0.1, 0.15) is 53.9 Å². The van der Waals surface area contributed by atoms with Crippen molar-refractivity contribution in [3.05, 3.63) is 0 Å². The molecule has 0 aromatic heterocycles. The lowest BCUT2D eigenvalue weighted by molar-refractivity contribution is -0.134. The Kier molecular flexibility index (Phi) is 9.35. The normalized spacial score (nSPS) is 21.4. The standard InChI is InChI=1S/C19H36N6O4/c1-10(2)9-14(22-12(5)26)16(27)24-15(11(3)4)17(28)23-13-7-6-8-25(18(13)29)19(20)21/h10-11,13-15,18,29H,6-9H2,1-5H3,(H3,20,21)(H,22,26)(H,23,28)(H,24,27)/t13-,14-,15-,18?/m0/s1. The van der Waals surface area contributed by atoms with Crippen LogP contribution in [0.5, 0.6) is 0 Å². The van der Waals surface area contributed by atoms with E-state index in [0.29, 0.717) is 25.8 Å². The molecule has 0 bridgehead atoms. The first-order chi connectivity index (χ1) is 13.4. The molecule has 0 aromatic rings. The number of amides is 3. The molecule has 0 aliphatic carbocycles. The molecule has 1 heterocycles. The molecule has 0 aromatic carbocycles. The Morgan fingerprint density at radius 2 is 1.79 bits per heavy atom. The van der Waals surface area contributed by atoms with Crippen molar-refractivity contribution in [2.24, 2.45) is 17.6 Å². The highest BCUT2D eigenvalue weighted by Crippen LogP contribution is 2.16. The Balaban J connectivity index is 2.84. The minimum Gasteiger partial charge on any atom is -0.371 e. The third-order valence-electron chi connectivity index (χ3n) is 4.88. The van der Waals surface area contributed by atoms with Crippen molar-refractivity contribution in [3.63, 3.8) is 0 Å². The van der Waals surface area contributed by atoms with E-state index >= 15 is 0 Å². The van der Waals surface area contributed by atoms with E-state index in [4.69, 9.17) is 11.1 Å². The van der Waals surface area contributed by atoms with Gasteiger partial charge in [0.1, 0.15) is 18.3 Å². The monoisotopic (exact) mass is 412 g/mol. The largest absolute Gasteiger partial charge is 0.371 e. The van der Waals surface area contributed by atoms with E-state index in [1.54, 1.807) is 13.8 Å². The molecule has 0 spiro atoms. The fraction of sp³-hybridized carbons (Fsp3) is 0.789. The summed E-state index contributed by atoms with van der Waals surface area (Å²) in [5.41, 5.74) is 5.48. The van der Waals surface area contributed by atoms with E-state index in [1.165, 1.54) is 11.8 Å². The van der Waals surface area contributed by atoms with E-state index in [-0.39, 0.29) is 23.7 Å². The summed E-state index contributed by atoms with van der Waals surface area (Å²) >= 11 is 0. The Labute approximate surface area is 172 Å². The highest BCUT2D eigenvalue weighted by atomic mass is 16.3. The Hall–Kier alpha value is -2.36. The van der Waals surface area contributed by atoms with Gasteiger partial charge >= 0.3 is 0 Å². The molecule has 0 saturated carbocycles. The molecule has 166 valence electrons. The van der Waals surface area contributed by atoms with E-state index in [2.05, 4.69) is 16.0 Å². The number of carbonyl (C=O) groups is 3. The molecule has 0 radical (unpaired) electrons. The van der Waals surface area contributed by atoms with Gasteiger partial charge in [-0.05, 0) is 31.1 Å². The number of carbonyl (C=O) groups excluding carboxylic acids is 3. The second-order valence-corrected chi connectivity index (χ2v) is 8.36. The second kappa shape index (κ2) is 11.0. The molecular weight excluding hydrogens is 376 g/mol. The maximum Gasteiger partial charge on any atom is 0.243 e. The van der Waals surface area contributed by atoms with Crippen LogP contribution >= 0.6 is 0 Å². The Bertz CT molecular complexity index is 610. The fourth-order valence-corrected chi connectivity index (χ4v) is 3.40. The zero-order valence-corrected chi connectivity index (χ0v) is 18.0. The number of guanidine groups is 1. The van der Waals surface area contributed by atoms with E-state index < -0.39 is 36.2 Å². The number of rotatable bonds is 8. The summed E-state index contributed by atoms with van der Waals surface area (Å²) in [6.45, 7) is 9.29. The molecule has 1 unspecified atom stereocenters. The van der Waals surface area contributed by atoms with Gasteiger partial charge in [-0.3, -0.25) is 19.8 Å². The predicted molar refractivity (Wildman–Crippen MR) is 110 cm³/mol. The maximum absolute atomic E-state index is 12.8. The van der Waals surface area contributed by atoms with Crippen molar-refractivity contribution >= 4 is 23.7 Å². The Morgan fingerprint density at radius 1 is 1.17 bits per heavy atom. The molecular formula is C19H36N6O4. The van der Waals surface area contributed by atoms with E-state index in [9.17, 15) is 19.5 Å². The lowest BCUT2D eigenvalue weighted by Gasteiger charge is -2.39. The number of nitrogens with zero attached hydrogens (tertiary/aromatic N) is 1. The lowest BCUT2D eigenvalue weighted by atomic mass is 9.98. The van der Waals surface area contributed by atoms with E-state index in [0.717, 1.165) is 0 Å². The number of likely N-dealkylation sites (tertiary alicyclic amines) is 1. The van der Waals surface area contributed by atoms with Crippen molar-refractivity contribution in [2.75, 3.05) is 6.54 Å². The molecule has 1 aliphatic heterocycles. The molecule has 1 aliphatic rings. The molecule has 3 amide bonds. The minimum atomic E-state index is -1.10. The highest BCUT2D eigenvalue weighted by Gasteiger charge is 2.35. The molecule has 1 saturated heterocycles. The number of hydrogen-bond donors (Lipinski definition) is 6. The van der Waals surface area contributed by atoms with Gasteiger partial charge in [0.05, 0.1) is 6.04 Å². The quantitative estimate of drug-likeness (QED) is 0.232. The number of nitrogens with one attached hydrogen (secondary N) is 4. The topological polar surface area (TPSA) is 161 Å². The van der Waals surface area contributed by atoms with Crippen molar-refractivity contribution in [3.8, 4) is 0 Å². The van der Waals surface area contributed by atoms with Crippen LogP contribution in [0.25, 0.3) is 0 Å². The number of nitrogens with two attached hydrogens (primary N) is 1. The van der Waals surface area contributed by atoms with Crippen LogP contribution in [0, 0.1) is 17.2 Å². The molecule has 4 atom stereocenters. The summed E-state index contributed by atoms with van der Waals surface area (Å²) in [6.07, 6.45) is 0.561. The average Bonchev–Trinajstić information content (AvgIpc) is 2.59. The van der Waals surface area contributed by atoms with Crippen molar-refractivity contribution in [2.45, 2.75) is 78.2 Å². The smallest absolute Gasteiger partial charge is 0.243 e. The summed E-state index contributed by atoms with van der Waals surface area (Å²) in [6, 6.07) is -2.15. The van der Waals surface area contributed by atoms with Crippen LogP contribution in [0.2, 0.25) is 0 Å². The number of aliphatic hydroxyl groups excluding tert-OH is 1. The molecule has 1 fully saturated rings. The first-order valence-corrected chi connectivity index (χ1v) is 10.1. The maximum atomic E-state index is 12.8. The van der Waals surface area contributed by atoms with E-state index in [1.807, 2.05) is 13.8 Å². The molecule has 29 heavy (non-hydrogen) atoms. The summed E-state index contributed by atoms with van der Waals surface area (Å²) in [4.78, 5) is 38.3. The zero-order valence-electron chi connectivity index (χ0n) is 18.0. The van der Waals surface area contributed by atoms with Crippen LogP contribution in [-0.4, -0.2) is 64.6 Å². The summed E-state index contributed by atoms with van der Waals surface area (Å²) < 4.78 is 0. The van der Waals surface area contributed by atoms with Gasteiger partial charge in [-0.2, -0.15) is 0 Å². The first-order valence-electron chi connectivity index (χ1n) is 10.1. The summed E-state index contributed by atoms with van der Waals surface area (Å²) in [7, 11) is 0. The van der Waals surface area contributed by atoms with Gasteiger partial charge < -0.3 is 31.7 Å². The van der Waals surface area contributed by atoms with Gasteiger partial charge in [0.25, 0.3) is 0 Å². The predicted octanol–water partition coefficient (Wildman–Crippen LogP) is -0.530. The number of aliphatic hydroxyl groups is 1. The molecule has 7 N–H and O–H groups in total. The SMILES string of the molecule is CC(=O)N[C@@H](CC(C)C)C(=O)N[C@H](C(=O)N[C@H]1CCCN(C(=N)N)C1O)C(C)C. The lowest BCUT2D eigenvalue weighted by Crippen LogP contribution is -2.62. The van der Waals surface area contributed by atoms with Gasteiger partial charge in [0, 0.05) is 13.5 Å². The van der Waals surface area contributed by atoms with Gasteiger partial charge in [-0.15, -0.1) is 0 Å².